The number of aryl methyl sites for hydroxylation is 2. The van der Waals surface area contributed by atoms with Crippen LogP contribution in [0.1, 0.15) is 28.4 Å². The molecule has 0 aliphatic heterocycles. The third-order valence-corrected chi connectivity index (χ3v) is 4.70. The van der Waals surface area contributed by atoms with E-state index in [1.165, 1.54) is 0 Å². The maximum Gasteiger partial charge on any atom is 0.122 e. The molecule has 3 heteroatoms. The van der Waals surface area contributed by atoms with Crippen molar-refractivity contribution in [2.24, 2.45) is 0 Å². The molecule has 0 saturated carbocycles. The minimum absolute atomic E-state index is 0.531. The van der Waals surface area contributed by atoms with Crippen LogP contribution in [0.25, 0.3) is 0 Å². The van der Waals surface area contributed by atoms with Crippen LogP contribution in [0, 0.1) is 13.8 Å². The van der Waals surface area contributed by atoms with Crippen molar-refractivity contribution in [1.29, 1.82) is 0 Å². The fourth-order valence-corrected chi connectivity index (χ4v) is 2.60. The molecule has 2 aromatic rings. The van der Waals surface area contributed by atoms with E-state index in [4.69, 9.17) is 4.74 Å². The molecule has 0 fully saturated rings. The van der Waals surface area contributed by atoms with Gasteiger partial charge in [-0.05, 0) is 42.2 Å². The standard InChI is InChI=1S/C17H19BrO2/c1-11-8-14(9-12(2)17(11)18)15(19)10-13-6-4-5-7-16(13)20-3/h4-9,15,19H,10H2,1-3H3. The van der Waals surface area contributed by atoms with Gasteiger partial charge in [0.25, 0.3) is 0 Å². The van der Waals surface area contributed by atoms with E-state index >= 15 is 0 Å². The predicted octanol–water partition coefficient (Wildman–Crippen LogP) is 4.35. The van der Waals surface area contributed by atoms with Crippen molar-refractivity contribution in [3.05, 3.63) is 63.1 Å². The van der Waals surface area contributed by atoms with Crippen LogP contribution in [0.3, 0.4) is 0 Å². The molecule has 106 valence electrons. The summed E-state index contributed by atoms with van der Waals surface area (Å²) >= 11 is 3.55. The Hall–Kier alpha value is -1.32. The van der Waals surface area contributed by atoms with E-state index in [9.17, 15) is 5.11 Å². The van der Waals surface area contributed by atoms with Crippen LogP contribution in [0.5, 0.6) is 5.75 Å². The number of halogens is 1. The Morgan fingerprint density at radius 3 is 2.35 bits per heavy atom. The lowest BCUT2D eigenvalue weighted by atomic mass is 9.98. The number of aliphatic hydroxyl groups excluding tert-OH is 1. The van der Waals surface area contributed by atoms with Crippen molar-refractivity contribution in [1.82, 2.24) is 0 Å². The number of aliphatic hydroxyl groups is 1. The summed E-state index contributed by atoms with van der Waals surface area (Å²) in [4.78, 5) is 0. The van der Waals surface area contributed by atoms with E-state index in [0.717, 1.165) is 32.5 Å². The third-order valence-electron chi connectivity index (χ3n) is 3.45. The number of para-hydroxylation sites is 1. The highest BCUT2D eigenvalue weighted by molar-refractivity contribution is 9.10. The molecule has 0 radical (unpaired) electrons. The van der Waals surface area contributed by atoms with Crippen molar-refractivity contribution >= 4 is 15.9 Å². The van der Waals surface area contributed by atoms with E-state index in [0.29, 0.717) is 6.42 Å². The zero-order valence-corrected chi connectivity index (χ0v) is 13.6. The van der Waals surface area contributed by atoms with Gasteiger partial charge in [-0.3, -0.25) is 0 Å². The van der Waals surface area contributed by atoms with E-state index in [2.05, 4.69) is 15.9 Å². The fourth-order valence-electron chi connectivity index (χ4n) is 2.37. The van der Waals surface area contributed by atoms with Crippen molar-refractivity contribution in [2.75, 3.05) is 7.11 Å². The summed E-state index contributed by atoms with van der Waals surface area (Å²) < 4.78 is 6.43. The lowest BCUT2D eigenvalue weighted by molar-refractivity contribution is 0.177. The SMILES string of the molecule is COc1ccccc1CC(O)c1cc(C)c(Br)c(C)c1. The van der Waals surface area contributed by atoms with E-state index < -0.39 is 6.10 Å². The topological polar surface area (TPSA) is 29.5 Å². The van der Waals surface area contributed by atoms with Crippen molar-refractivity contribution < 1.29 is 9.84 Å². The zero-order chi connectivity index (χ0) is 14.7. The van der Waals surface area contributed by atoms with E-state index in [1.807, 2.05) is 50.2 Å². The molecular weight excluding hydrogens is 316 g/mol. The summed E-state index contributed by atoms with van der Waals surface area (Å²) in [6.45, 7) is 4.08. The largest absolute Gasteiger partial charge is 0.496 e. The Morgan fingerprint density at radius 2 is 1.75 bits per heavy atom. The Bertz CT molecular complexity index is 585. The molecule has 2 nitrogen and oxygen atoms in total. The van der Waals surface area contributed by atoms with Crippen LogP contribution in [0.15, 0.2) is 40.9 Å². The molecule has 1 atom stereocenters. The van der Waals surface area contributed by atoms with Crippen molar-refractivity contribution in [2.45, 2.75) is 26.4 Å². The van der Waals surface area contributed by atoms with E-state index in [-0.39, 0.29) is 0 Å². The number of hydrogen-bond donors (Lipinski definition) is 1. The second kappa shape index (κ2) is 6.42. The lowest BCUT2D eigenvalue weighted by Crippen LogP contribution is -2.04. The monoisotopic (exact) mass is 334 g/mol. The first-order valence-corrected chi connectivity index (χ1v) is 7.39. The van der Waals surface area contributed by atoms with Crippen molar-refractivity contribution in [3.63, 3.8) is 0 Å². The molecule has 1 N–H and O–H groups in total. The van der Waals surface area contributed by atoms with Crippen LogP contribution >= 0.6 is 15.9 Å². The molecule has 0 aromatic heterocycles. The summed E-state index contributed by atoms with van der Waals surface area (Å²) in [6, 6.07) is 11.8. The molecule has 2 aromatic carbocycles. The second-order valence-electron chi connectivity index (χ2n) is 5.00. The summed E-state index contributed by atoms with van der Waals surface area (Å²) in [7, 11) is 1.65. The molecular formula is C17H19BrO2. The number of rotatable bonds is 4. The Kier molecular flexibility index (Phi) is 4.84. The highest BCUT2D eigenvalue weighted by Crippen LogP contribution is 2.29. The molecule has 0 bridgehead atoms. The quantitative estimate of drug-likeness (QED) is 0.900. The normalized spacial score (nSPS) is 12.2. The Morgan fingerprint density at radius 1 is 1.15 bits per heavy atom. The first kappa shape index (κ1) is 15.1. The summed E-state index contributed by atoms with van der Waals surface area (Å²) in [6.07, 6.45) is 0.0154. The number of hydrogen-bond acceptors (Lipinski definition) is 2. The molecule has 0 saturated heterocycles. The van der Waals surface area contributed by atoms with Gasteiger partial charge in [0.2, 0.25) is 0 Å². The van der Waals surface area contributed by atoms with Gasteiger partial charge in [-0.15, -0.1) is 0 Å². The van der Waals surface area contributed by atoms with Crippen LogP contribution in [-0.2, 0) is 6.42 Å². The van der Waals surface area contributed by atoms with Gasteiger partial charge in [-0.1, -0.05) is 46.3 Å². The van der Waals surface area contributed by atoms with Gasteiger partial charge >= 0.3 is 0 Å². The van der Waals surface area contributed by atoms with Gasteiger partial charge in [0.05, 0.1) is 13.2 Å². The maximum absolute atomic E-state index is 10.5. The zero-order valence-electron chi connectivity index (χ0n) is 12.0. The van der Waals surface area contributed by atoms with Crippen LogP contribution in [0.4, 0.5) is 0 Å². The van der Waals surface area contributed by atoms with Gasteiger partial charge < -0.3 is 9.84 Å². The minimum atomic E-state index is -0.531. The van der Waals surface area contributed by atoms with Crippen LogP contribution in [-0.4, -0.2) is 12.2 Å². The summed E-state index contributed by atoms with van der Waals surface area (Å²) in [5.41, 5.74) is 4.23. The third kappa shape index (κ3) is 3.22. The first-order chi connectivity index (χ1) is 9.52. The average molecular weight is 335 g/mol. The minimum Gasteiger partial charge on any atom is -0.496 e. The Balaban J connectivity index is 2.26. The van der Waals surface area contributed by atoms with Crippen molar-refractivity contribution in [3.8, 4) is 5.75 Å². The van der Waals surface area contributed by atoms with Gasteiger partial charge in [-0.25, -0.2) is 0 Å². The van der Waals surface area contributed by atoms with Gasteiger partial charge in [0, 0.05) is 10.9 Å². The average Bonchev–Trinajstić information content (AvgIpc) is 2.44. The maximum atomic E-state index is 10.5. The second-order valence-corrected chi connectivity index (χ2v) is 5.79. The molecule has 0 aliphatic rings. The molecule has 1 unspecified atom stereocenters. The number of ether oxygens (including phenoxy) is 1. The first-order valence-electron chi connectivity index (χ1n) is 6.59. The van der Waals surface area contributed by atoms with Gasteiger partial charge in [0.15, 0.2) is 0 Å². The van der Waals surface area contributed by atoms with Gasteiger partial charge in [0.1, 0.15) is 5.75 Å². The molecule has 0 aliphatic carbocycles. The molecule has 0 spiro atoms. The highest BCUT2D eigenvalue weighted by atomic mass is 79.9. The molecule has 2 rings (SSSR count). The van der Waals surface area contributed by atoms with Crippen LogP contribution < -0.4 is 4.74 Å². The molecule has 0 heterocycles. The summed E-state index contributed by atoms with van der Waals surface area (Å²) in [5.74, 6) is 0.817. The highest BCUT2D eigenvalue weighted by Gasteiger charge is 2.13. The van der Waals surface area contributed by atoms with Gasteiger partial charge in [-0.2, -0.15) is 0 Å². The van der Waals surface area contributed by atoms with Crippen LogP contribution in [0.2, 0.25) is 0 Å². The molecule has 0 amide bonds. The lowest BCUT2D eigenvalue weighted by Gasteiger charge is -2.16. The number of benzene rings is 2. The molecule has 20 heavy (non-hydrogen) atoms. The smallest absolute Gasteiger partial charge is 0.122 e. The fraction of sp³-hybridized carbons (Fsp3) is 0.294. The van der Waals surface area contributed by atoms with E-state index in [1.54, 1.807) is 7.11 Å². The number of methoxy groups -OCH3 is 1. The Labute approximate surface area is 128 Å². The summed E-state index contributed by atoms with van der Waals surface area (Å²) in [5, 5.41) is 10.5. The predicted molar refractivity (Wildman–Crippen MR) is 85.3 cm³/mol.